The molecule has 0 spiro atoms. The molecule has 1 radical (unpaired) electrons. The summed E-state index contributed by atoms with van der Waals surface area (Å²) in [5.41, 5.74) is 0. The molecule has 0 aromatic rings. The summed E-state index contributed by atoms with van der Waals surface area (Å²) in [6.45, 7) is 1.59. The van der Waals surface area contributed by atoms with Crippen LogP contribution in [0.25, 0.3) is 0 Å². The highest BCUT2D eigenvalue weighted by atomic mass is 31.1. The van der Waals surface area contributed by atoms with Gasteiger partial charge in [0.1, 0.15) is 0 Å². The molecule has 1 unspecified atom stereocenters. The maximum atomic E-state index is 4.97. The van der Waals surface area contributed by atoms with E-state index in [2.05, 4.69) is 6.42 Å². The molecular weight excluding hydrogens is 111 g/mol. The first-order valence-corrected chi connectivity index (χ1v) is 3.12. The zero-order chi connectivity index (χ0) is 4.95. The molecule has 3 heteroatoms. The molecule has 1 saturated heterocycles. The van der Waals surface area contributed by atoms with Crippen LogP contribution in [0.3, 0.4) is 0 Å². The summed E-state index contributed by atoms with van der Waals surface area (Å²) in [5.74, 6) is 0. The van der Waals surface area contributed by atoms with E-state index in [4.69, 9.17) is 9.05 Å². The van der Waals surface area contributed by atoms with Gasteiger partial charge in [-0.3, -0.25) is 0 Å². The third kappa shape index (κ3) is 2.22. The van der Waals surface area contributed by atoms with Crippen molar-refractivity contribution in [2.75, 3.05) is 13.2 Å². The second-order valence-corrected chi connectivity index (χ2v) is 2.06. The minimum Gasteiger partial charge on any atom is -0.336 e. The lowest BCUT2D eigenvalue weighted by molar-refractivity contribution is 0.316. The molecule has 0 saturated carbocycles. The first-order chi connectivity index (χ1) is 3.50. The molecule has 41 valence electrons. The summed E-state index contributed by atoms with van der Waals surface area (Å²) >= 11 is 0. The standard InChI is InChI=1S/C4H8O2P/c1-2-4-6-7-5-3-1/h1,7H,2-4H2. The molecule has 1 aliphatic rings. The summed E-state index contributed by atoms with van der Waals surface area (Å²) in [5, 5.41) is 0. The quantitative estimate of drug-likeness (QED) is 0.445. The lowest BCUT2D eigenvalue weighted by Crippen LogP contribution is -1.83. The van der Waals surface area contributed by atoms with Crippen molar-refractivity contribution < 1.29 is 9.05 Å². The van der Waals surface area contributed by atoms with Crippen molar-refractivity contribution in [3.05, 3.63) is 6.42 Å². The predicted molar refractivity (Wildman–Crippen MR) is 29.1 cm³/mol. The van der Waals surface area contributed by atoms with Crippen molar-refractivity contribution in [2.45, 2.75) is 6.42 Å². The minimum atomic E-state index is 0.264. The number of hydrogen-bond donors (Lipinski definition) is 0. The SMILES string of the molecule is [CH]1CCOPOC1. The van der Waals surface area contributed by atoms with Crippen LogP contribution in [0.5, 0.6) is 0 Å². The van der Waals surface area contributed by atoms with Gasteiger partial charge < -0.3 is 9.05 Å². The predicted octanol–water partition coefficient (Wildman–Crippen LogP) is 1.14. The fraction of sp³-hybridized carbons (Fsp3) is 0.750. The van der Waals surface area contributed by atoms with Crippen molar-refractivity contribution in [1.29, 1.82) is 0 Å². The van der Waals surface area contributed by atoms with Gasteiger partial charge in [0.25, 0.3) is 0 Å². The lowest BCUT2D eigenvalue weighted by Gasteiger charge is -1.92. The molecular formula is C4H8O2P. The molecule has 1 atom stereocenters. The van der Waals surface area contributed by atoms with Gasteiger partial charge in [0.15, 0.2) is 9.03 Å². The number of hydrogen-bond acceptors (Lipinski definition) is 2. The van der Waals surface area contributed by atoms with E-state index < -0.39 is 0 Å². The van der Waals surface area contributed by atoms with Crippen LogP contribution in [-0.4, -0.2) is 13.2 Å². The van der Waals surface area contributed by atoms with Crippen LogP contribution in [0.15, 0.2) is 0 Å². The van der Waals surface area contributed by atoms with Crippen LogP contribution >= 0.6 is 9.03 Å². The zero-order valence-electron chi connectivity index (χ0n) is 4.02. The Bertz CT molecular complexity index is 29.3. The average molecular weight is 119 g/mol. The second-order valence-electron chi connectivity index (χ2n) is 1.32. The maximum Gasteiger partial charge on any atom is 0.155 e. The molecule has 0 aliphatic carbocycles. The average Bonchev–Trinajstić information content (AvgIpc) is 1.90. The molecule has 1 aliphatic heterocycles. The molecule has 1 heterocycles. The van der Waals surface area contributed by atoms with Crippen LogP contribution in [0.4, 0.5) is 0 Å². The van der Waals surface area contributed by atoms with Crippen LogP contribution in [0, 0.1) is 6.42 Å². The van der Waals surface area contributed by atoms with Crippen LogP contribution in [0.2, 0.25) is 0 Å². The first-order valence-electron chi connectivity index (χ1n) is 2.30. The minimum absolute atomic E-state index is 0.264. The van der Waals surface area contributed by atoms with Crippen molar-refractivity contribution in [2.24, 2.45) is 0 Å². The summed E-state index contributed by atoms with van der Waals surface area (Å²) < 4.78 is 9.91. The summed E-state index contributed by atoms with van der Waals surface area (Å²) in [6, 6.07) is 0. The van der Waals surface area contributed by atoms with Crippen LogP contribution in [0.1, 0.15) is 6.42 Å². The van der Waals surface area contributed by atoms with Gasteiger partial charge in [-0.1, -0.05) is 0 Å². The van der Waals surface area contributed by atoms with Gasteiger partial charge in [-0.15, -0.1) is 0 Å². The third-order valence-corrected chi connectivity index (χ3v) is 1.35. The molecule has 1 rings (SSSR count). The van der Waals surface area contributed by atoms with Gasteiger partial charge in [0, 0.05) is 0 Å². The normalized spacial score (nSPS) is 24.0. The van der Waals surface area contributed by atoms with Gasteiger partial charge in [0.2, 0.25) is 0 Å². The monoisotopic (exact) mass is 119 g/mol. The summed E-state index contributed by atoms with van der Waals surface area (Å²) in [4.78, 5) is 0. The molecule has 0 amide bonds. The van der Waals surface area contributed by atoms with E-state index >= 15 is 0 Å². The molecule has 2 nitrogen and oxygen atoms in total. The second kappa shape index (κ2) is 3.36. The first kappa shape index (κ1) is 5.49. The Morgan fingerprint density at radius 1 is 1.43 bits per heavy atom. The summed E-state index contributed by atoms with van der Waals surface area (Å²) in [7, 11) is 0.264. The Morgan fingerprint density at radius 3 is 3.43 bits per heavy atom. The van der Waals surface area contributed by atoms with E-state index in [-0.39, 0.29) is 9.03 Å². The largest absolute Gasteiger partial charge is 0.336 e. The van der Waals surface area contributed by atoms with E-state index in [1.54, 1.807) is 0 Å². The maximum absolute atomic E-state index is 4.97. The van der Waals surface area contributed by atoms with E-state index in [1.165, 1.54) is 0 Å². The van der Waals surface area contributed by atoms with E-state index in [0.29, 0.717) is 0 Å². The molecule has 0 N–H and O–H groups in total. The smallest absolute Gasteiger partial charge is 0.155 e. The van der Waals surface area contributed by atoms with E-state index in [9.17, 15) is 0 Å². The fourth-order valence-electron chi connectivity index (χ4n) is 0.402. The Hall–Kier alpha value is 0.350. The van der Waals surface area contributed by atoms with Crippen LogP contribution < -0.4 is 0 Å². The lowest BCUT2D eigenvalue weighted by atomic mass is 10.3. The van der Waals surface area contributed by atoms with Crippen molar-refractivity contribution in [1.82, 2.24) is 0 Å². The van der Waals surface area contributed by atoms with Gasteiger partial charge in [-0.2, -0.15) is 0 Å². The highest BCUT2D eigenvalue weighted by molar-refractivity contribution is 7.26. The van der Waals surface area contributed by atoms with Gasteiger partial charge in [-0.05, 0) is 12.8 Å². The topological polar surface area (TPSA) is 18.5 Å². The van der Waals surface area contributed by atoms with E-state index in [0.717, 1.165) is 19.6 Å². The fourth-order valence-corrected chi connectivity index (χ4v) is 0.872. The Balaban J connectivity index is 2.04. The van der Waals surface area contributed by atoms with Crippen molar-refractivity contribution >= 4 is 9.03 Å². The Morgan fingerprint density at radius 2 is 2.43 bits per heavy atom. The molecule has 0 aromatic heterocycles. The van der Waals surface area contributed by atoms with Crippen molar-refractivity contribution in [3.63, 3.8) is 0 Å². The third-order valence-electron chi connectivity index (χ3n) is 0.743. The molecule has 0 bridgehead atoms. The van der Waals surface area contributed by atoms with E-state index in [1.807, 2.05) is 0 Å². The van der Waals surface area contributed by atoms with Gasteiger partial charge in [0.05, 0.1) is 13.2 Å². The number of rotatable bonds is 0. The molecule has 1 fully saturated rings. The Kier molecular flexibility index (Phi) is 2.64. The molecule has 7 heavy (non-hydrogen) atoms. The summed E-state index contributed by atoms with van der Waals surface area (Å²) in [6.07, 6.45) is 3.12. The van der Waals surface area contributed by atoms with Crippen molar-refractivity contribution in [3.8, 4) is 0 Å². The highest BCUT2D eigenvalue weighted by Crippen LogP contribution is 2.17. The molecule has 0 aromatic carbocycles. The Labute approximate surface area is 45.1 Å². The highest BCUT2D eigenvalue weighted by Gasteiger charge is 1.95. The van der Waals surface area contributed by atoms with Crippen LogP contribution in [-0.2, 0) is 9.05 Å². The van der Waals surface area contributed by atoms with Gasteiger partial charge in [-0.25, -0.2) is 0 Å². The van der Waals surface area contributed by atoms with Gasteiger partial charge >= 0.3 is 0 Å². The zero-order valence-corrected chi connectivity index (χ0v) is 5.02.